The minimum Gasteiger partial charge on any atom is -0.452 e. The number of nitrogens with two attached hydrogens (primary N) is 1. The van der Waals surface area contributed by atoms with Crippen LogP contribution in [-0.2, 0) is 14.3 Å². The van der Waals surface area contributed by atoms with Crippen molar-refractivity contribution in [2.45, 2.75) is 25.5 Å². The summed E-state index contributed by atoms with van der Waals surface area (Å²) in [6.45, 7) is 1.32. The number of imide groups is 1. The van der Waals surface area contributed by atoms with Gasteiger partial charge in [-0.3, -0.25) is 19.7 Å². The highest BCUT2D eigenvalue weighted by Crippen LogP contribution is 2.18. The number of amides is 4. The number of hydrogen-bond donors (Lipinski definition) is 3. The third kappa shape index (κ3) is 6.24. The second-order valence-corrected chi connectivity index (χ2v) is 5.99. The number of benzene rings is 2. The van der Waals surface area contributed by atoms with Crippen molar-refractivity contribution in [3.05, 3.63) is 71.8 Å². The molecule has 0 radical (unpaired) electrons. The van der Waals surface area contributed by atoms with Gasteiger partial charge in [-0.1, -0.05) is 48.5 Å². The Labute approximate surface area is 162 Å². The largest absolute Gasteiger partial charge is 0.452 e. The summed E-state index contributed by atoms with van der Waals surface area (Å²) < 4.78 is 5.04. The van der Waals surface area contributed by atoms with Gasteiger partial charge in [0.25, 0.3) is 11.8 Å². The normalized spacial score (nSPS) is 12.3. The number of carbonyl (C=O) groups excluding carboxylic acids is 4. The molecule has 2 atom stereocenters. The number of carbonyl (C=O) groups is 4. The second kappa shape index (κ2) is 9.86. The summed E-state index contributed by atoms with van der Waals surface area (Å²) in [6, 6.07) is 15.8. The molecule has 4 N–H and O–H groups in total. The van der Waals surface area contributed by atoms with E-state index < -0.39 is 30.1 Å². The van der Waals surface area contributed by atoms with E-state index in [4.69, 9.17) is 10.5 Å². The van der Waals surface area contributed by atoms with Gasteiger partial charge in [-0.2, -0.15) is 0 Å². The Hall–Kier alpha value is -3.68. The molecule has 0 unspecified atom stereocenters. The highest BCUT2D eigenvalue weighted by atomic mass is 16.5. The predicted octanol–water partition coefficient (Wildman–Crippen LogP) is 1.67. The van der Waals surface area contributed by atoms with Crippen LogP contribution in [0.1, 0.15) is 35.3 Å². The van der Waals surface area contributed by atoms with Gasteiger partial charge < -0.3 is 15.8 Å². The van der Waals surface area contributed by atoms with E-state index in [2.05, 4.69) is 5.32 Å². The monoisotopic (exact) mass is 383 g/mol. The molecule has 0 spiro atoms. The summed E-state index contributed by atoms with van der Waals surface area (Å²) in [5.74, 6) is -1.89. The van der Waals surface area contributed by atoms with Gasteiger partial charge in [-0.25, -0.2) is 4.79 Å². The first-order valence-corrected chi connectivity index (χ1v) is 8.57. The molecule has 0 aliphatic rings. The number of esters is 1. The highest BCUT2D eigenvalue weighted by Gasteiger charge is 2.24. The maximum atomic E-state index is 12.5. The van der Waals surface area contributed by atoms with Crippen LogP contribution in [0.4, 0.5) is 4.79 Å². The van der Waals surface area contributed by atoms with Crippen LogP contribution in [0.2, 0.25) is 0 Å². The molecule has 2 rings (SSSR count). The van der Waals surface area contributed by atoms with Crippen LogP contribution in [0.5, 0.6) is 0 Å². The maximum Gasteiger partial charge on any atom is 0.318 e. The first-order valence-electron chi connectivity index (χ1n) is 8.57. The van der Waals surface area contributed by atoms with Crippen molar-refractivity contribution in [1.29, 1.82) is 0 Å². The number of primary amides is 1. The molecule has 2 aromatic carbocycles. The summed E-state index contributed by atoms with van der Waals surface area (Å²) >= 11 is 0. The SMILES string of the molecule is C[C@@H](OC(=O)C[C@H](NC(=O)c1ccccc1)c1ccccc1)C(=O)NC(N)=O. The molecule has 8 heteroatoms. The van der Waals surface area contributed by atoms with Crippen molar-refractivity contribution in [1.82, 2.24) is 10.6 Å². The third-order valence-electron chi connectivity index (χ3n) is 3.84. The molecular formula is C20H21N3O5. The Bertz CT molecular complexity index is 839. The molecule has 0 aliphatic carbocycles. The summed E-state index contributed by atoms with van der Waals surface area (Å²) in [4.78, 5) is 47.1. The molecule has 0 bridgehead atoms. The van der Waals surface area contributed by atoms with Crippen molar-refractivity contribution < 1.29 is 23.9 Å². The standard InChI is InChI=1S/C20H21N3O5/c1-13(18(25)23-20(21)27)28-17(24)12-16(14-8-4-2-5-9-14)22-19(26)15-10-6-3-7-11-15/h2-11,13,16H,12H2,1H3,(H,22,26)(H3,21,23,25,27)/t13-,16+/m1/s1. The van der Waals surface area contributed by atoms with E-state index in [1.807, 2.05) is 11.4 Å². The number of nitrogens with one attached hydrogen (secondary N) is 2. The Morgan fingerprint density at radius 1 is 0.964 bits per heavy atom. The van der Waals surface area contributed by atoms with Crippen LogP contribution in [-0.4, -0.2) is 29.9 Å². The summed E-state index contributed by atoms with van der Waals surface area (Å²) in [5, 5.41) is 4.64. The smallest absolute Gasteiger partial charge is 0.318 e. The fourth-order valence-corrected chi connectivity index (χ4v) is 2.46. The molecule has 28 heavy (non-hydrogen) atoms. The van der Waals surface area contributed by atoms with E-state index in [-0.39, 0.29) is 12.3 Å². The molecule has 146 valence electrons. The maximum absolute atomic E-state index is 12.5. The van der Waals surface area contributed by atoms with Crippen LogP contribution >= 0.6 is 0 Å². The van der Waals surface area contributed by atoms with E-state index >= 15 is 0 Å². The fourth-order valence-electron chi connectivity index (χ4n) is 2.46. The van der Waals surface area contributed by atoms with Gasteiger partial charge in [0.1, 0.15) is 0 Å². The first-order chi connectivity index (χ1) is 13.4. The first kappa shape index (κ1) is 20.6. The lowest BCUT2D eigenvalue weighted by Crippen LogP contribution is -2.42. The van der Waals surface area contributed by atoms with Crippen LogP contribution in [0, 0.1) is 0 Å². The van der Waals surface area contributed by atoms with Crippen molar-refractivity contribution in [2.24, 2.45) is 5.73 Å². The topological polar surface area (TPSA) is 128 Å². The van der Waals surface area contributed by atoms with Gasteiger partial charge in [0.05, 0.1) is 12.5 Å². The van der Waals surface area contributed by atoms with Gasteiger partial charge in [0, 0.05) is 5.56 Å². The van der Waals surface area contributed by atoms with Gasteiger partial charge in [0.15, 0.2) is 6.10 Å². The molecule has 0 aromatic heterocycles. The van der Waals surface area contributed by atoms with Crippen LogP contribution in [0.15, 0.2) is 60.7 Å². The molecular weight excluding hydrogens is 362 g/mol. The van der Waals surface area contributed by atoms with Gasteiger partial charge >= 0.3 is 12.0 Å². The zero-order valence-electron chi connectivity index (χ0n) is 15.3. The van der Waals surface area contributed by atoms with Crippen molar-refractivity contribution in [3.63, 3.8) is 0 Å². The molecule has 0 heterocycles. The highest BCUT2D eigenvalue weighted by molar-refractivity contribution is 5.96. The van der Waals surface area contributed by atoms with Crippen molar-refractivity contribution in [3.8, 4) is 0 Å². The minimum absolute atomic E-state index is 0.198. The van der Waals surface area contributed by atoms with E-state index in [1.165, 1.54) is 6.92 Å². The fraction of sp³-hybridized carbons (Fsp3) is 0.200. The van der Waals surface area contributed by atoms with E-state index in [0.29, 0.717) is 11.1 Å². The Morgan fingerprint density at radius 2 is 1.54 bits per heavy atom. The lowest BCUT2D eigenvalue weighted by molar-refractivity contribution is -0.154. The van der Waals surface area contributed by atoms with E-state index in [1.54, 1.807) is 54.6 Å². The Balaban J connectivity index is 2.08. The molecule has 2 aromatic rings. The second-order valence-electron chi connectivity index (χ2n) is 5.99. The molecule has 0 saturated heterocycles. The van der Waals surface area contributed by atoms with Crippen molar-refractivity contribution in [2.75, 3.05) is 0 Å². The third-order valence-corrected chi connectivity index (χ3v) is 3.84. The van der Waals surface area contributed by atoms with Gasteiger partial charge in [-0.05, 0) is 24.6 Å². The van der Waals surface area contributed by atoms with Crippen LogP contribution in [0.25, 0.3) is 0 Å². The average Bonchev–Trinajstić information content (AvgIpc) is 2.68. The Morgan fingerprint density at radius 3 is 2.11 bits per heavy atom. The Kier molecular flexibility index (Phi) is 7.27. The molecule has 8 nitrogen and oxygen atoms in total. The van der Waals surface area contributed by atoms with Gasteiger partial charge in [-0.15, -0.1) is 0 Å². The molecule has 0 saturated carbocycles. The average molecular weight is 383 g/mol. The minimum atomic E-state index is -1.21. The predicted molar refractivity (Wildman–Crippen MR) is 101 cm³/mol. The van der Waals surface area contributed by atoms with Crippen molar-refractivity contribution >= 4 is 23.8 Å². The van der Waals surface area contributed by atoms with E-state index in [9.17, 15) is 19.2 Å². The van der Waals surface area contributed by atoms with Gasteiger partial charge in [0.2, 0.25) is 0 Å². The summed E-state index contributed by atoms with van der Waals surface area (Å²) in [6.07, 6.45) is -1.40. The number of rotatable bonds is 7. The lowest BCUT2D eigenvalue weighted by atomic mass is 10.0. The zero-order chi connectivity index (χ0) is 20.5. The summed E-state index contributed by atoms with van der Waals surface area (Å²) in [7, 11) is 0. The van der Waals surface area contributed by atoms with Crippen LogP contribution < -0.4 is 16.4 Å². The molecule has 0 fully saturated rings. The number of urea groups is 1. The number of ether oxygens (including phenoxy) is 1. The van der Waals surface area contributed by atoms with E-state index in [0.717, 1.165) is 0 Å². The summed E-state index contributed by atoms with van der Waals surface area (Å²) in [5.41, 5.74) is 6.03. The lowest BCUT2D eigenvalue weighted by Gasteiger charge is -2.20. The number of hydrogen-bond acceptors (Lipinski definition) is 5. The zero-order valence-corrected chi connectivity index (χ0v) is 15.3. The quantitative estimate of drug-likeness (QED) is 0.627. The molecule has 4 amide bonds. The molecule has 0 aliphatic heterocycles. The van der Waals surface area contributed by atoms with Crippen LogP contribution in [0.3, 0.4) is 0 Å².